The normalized spacial score (nSPS) is 10.8. The van der Waals surface area contributed by atoms with Gasteiger partial charge in [0.05, 0.1) is 11.0 Å². The zero-order valence-corrected chi connectivity index (χ0v) is 14.4. The minimum Gasteiger partial charge on any atom is -0.325 e. The predicted molar refractivity (Wildman–Crippen MR) is 103 cm³/mol. The van der Waals surface area contributed by atoms with E-state index in [1.807, 2.05) is 72.2 Å². The van der Waals surface area contributed by atoms with Gasteiger partial charge in [-0.1, -0.05) is 24.3 Å². The summed E-state index contributed by atoms with van der Waals surface area (Å²) in [6.07, 6.45) is 3.46. The second-order valence-electron chi connectivity index (χ2n) is 6.16. The van der Waals surface area contributed by atoms with E-state index in [-0.39, 0.29) is 12.5 Å². The van der Waals surface area contributed by atoms with Crippen LogP contribution in [0.15, 0.2) is 73.1 Å². The highest BCUT2D eigenvalue weighted by molar-refractivity contribution is 5.92. The summed E-state index contributed by atoms with van der Waals surface area (Å²) in [6, 6.07) is 19.4. The number of nitrogens with one attached hydrogen (secondary N) is 1. The fourth-order valence-electron chi connectivity index (χ4n) is 3.02. The van der Waals surface area contributed by atoms with Crippen LogP contribution in [-0.4, -0.2) is 20.4 Å². The molecule has 1 amide bonds. The van der Waals surface area contributed by atoms with Crippen molar-refractivity contribution in [1.82, 2.24) is 14.5 Å². The van der Waals surface area contributed by atoms with Crippen LogP contribution >= 0.6 is 0 Å². The van der Waals surface area contributed by atoms with Crippen LogP contribution in [0, 0.1) is 6.92 Å². The standard InChI is InChI=1S/C21H18N4O/c1-15-5-4-6-17(13-15)23-20(26)14-25-19-8-3-2-7-18(19)24-21(25)16-9-11-22-12-10-16/h2-13H,14H2,1H3,(H,23,26). The fourth-order valence-corrected chi connectivity index (χ4v) is 3.02. The van der Waals surface area contributed by atoms with Gasteiger partial charge in [0.1, 0.15) is 12.4 Å². The third-order valence-corrected chi connectivity index (χ3v) is 4.20. The van der Waals surface area contributed by atoms with E-state index in [1.54, 1.807) is 12.4 Å². The summed E-state index contributed by atoms with van der Waals surface area (Å²) in [7, 11) is 0. The second-order valence-corrected chi connectivity index (χ2v) is 6.16. The number of para-hydroxylation sites is 2. The monoisotopic (exact) mass is 342 g/mol. The zero-order chi connectivity index (χ0) is 17.9. The first kappa shape index (κ1) is 16.0. The lowest BCUT2D eigenvalue weighted by Crippen LogP contribution is -2.19. The van der Waals surface area contributed by atoms with Crippen LogP contribution in [0.3, 0.4) is 0 Å². The Morgan fingerprint density at radius 1 is 1.04 bits per heavy atom. The quantitative estimate of drug-likeness (QED) is 0.609. The van der Waals surface area contributed by atoms with Crippen molar-refractivity contribution in [2.75, 3.05) is 5.32 Å². The number of anilines is 1. The molecule has 0 radical (unpaired) electrons. The molecule has 0 bridgehead atoms. The van der Waals surface area contributed by atoms with Crippen molar-refractivity contribution in [2.24, 2.45) is 0 Å². The maximum absolute atomic E-state index is 12.6. The number of hydrogen-bond acceptors (Lipinski definition) is 3. The van der Waals surface area contributed by atoms with Crippen LogP contribution in [0.2, 0.25) is 0 Å². The Morgan fingerprint density at radius 3 is 2.65 bits per heavy atom. The van der Waals surface area contributed by atoms with Gasteiger partial charge in [-0.2, -0.15) is 0 Å². The SMILES string of the molecule is Cc1cccc(NC(=O)Cn2c(-c3ccncc3)nc3ccccc32)c1. The minimum atomic E-state index is -0.0888. The van der Waals surface area contributed by atoms with Crippen molar-refractivity contribution >= 4 is 22.6 Å². The summed E-state index contributed by atoms with van der Waals surface area (Å²) in [5.41, 5.74) is 4.62. The predicted octanol–water partition coefficient (Wildman–Crippen LogP) is 4.05. The smallest absolute Gasteiger partial charge is 0.244 e. The Morgan fingerprint density at radius 2 is 1.85 bits per heavy atom. The van der Waals surface area contributed by atoms with Gasteiger partial charge in [0.25, 0.3) is 0 Å². The lowest BCUT2D eigenvalue weighted by Gasteiger charge is -2.10. The lowest BCUT2D eigenvalue weighted by atomic mass is 10.2. The Kier molecular flexibility index (Phi) is 4.19. The molecule has 1 N–H and O–H groups in total. The summed E-state index contributed by atoms with van der Waals surface area (Å²) in [4.78, 5) is 21.4. The van der Waals surface area contributed by atoms with Gasteiger partial charge in [0.2, 0.25) is 5.91 Å². The molecular formula is C21H18N4O. The zero-order valence-electron chi connectivity index (χ0n) is 14.4. The van der Waals surface area contributed by atoms with Crippen LogP contribution in [0.1, 0.15) is 5.56 Å². The number of carbonyl (C=O) groups is 1. The van der Waals surface area contributed by atoms with Crippen molar-refractivity contribution in [3.05, 3.63) is 78.6 Å². The fraction of sp³-hybridized carbons (Fsp3) is 0.0952. The molecule has 0 spiro atoms. The van der Waals surface area contributed by atoms with Crippen molar-refractivity contribution in [3.63, 3.8) is 0 Å². The van der Waals surface area contributed by atoms with E-state index in [2.05, 4.69) is 10.3 Å². The molecule has 0 saturated heterocycles. The first-order valence-corrected chi connectivity index (χ1v) is 8.43. The maximum Gasteiger partial charge on any atom is 0.244 e. The van der Waals surface area contributed by atoms with Crippen molar-refractivity contribution in [2.45, 2.75) is 13.5 Å². The minimum absolute atomic E-state index is 0.0888. The highest BCUT2D eigenvalue weighted by Crippen LogP contribution is 2.24. The third kappa shape index (κ3) is 3.19. The molecular weight excluding hydrogens is 324 g/mol. The highest BCUT2D eigenvalue weighted by atomic mass is 16.1. The van der Waals surface area contributed by atoms with E-state index in [4.69, 9.17) is 4.98 Å². The summed E-state index contributed by atoms with van der Waals surface area (Å²) < 4.78 is 1.94. The summed E-state index contributed by atoms with van der Waals surface area (Å²) >= 11 is 0. The van der Waals surface area contributed by atoms with E-state index in [0.29, 0.717) is 0 Å². The van der Waals surface area contributed by atoms with Crippen LogP contribution in [-0.2, 0) is 11.3 Å². The molecule has 0 atom stereocenters. The summed E-state index contributed by atoms with van der Waals surface area (Å²) in [6.45, 7) is 2.19. The number of carbonyl (C=O) groups excluding carboxylic acids is 1. The molecule has 2 heterocycles. The average Bonchev–Trinajstić information content (AvgIpc) is 3.01. The number of benzene rings is 2. The summed E-state index contributed by atoms with van der Waals surface area (Å²) in [5, 5.41) is 2.96. The van der Waals surface area contributed by atoms with Crippen molar-refractivity contribution in [3.8, 4) is 11.4 Å². The average molecular weight is 342 g/mol. The molecule has 5 heteroatoms. The van der Waals surface area contributed by atoms with Gasteiger partial charge in [0.15, 0.2) is 0 Å². The number of fused-ring (bicyclic) bond motifs is 1. The van der Waals surface area contributed by atoms with E-state index in [1.165, 1.54) is 0 Å². The van der Waals surface area contributed by atoms with Crippen LogP contribution in [0.5, 0.6) is 0 Å². The molecule has 128 valence electrons. The molecule has 0 saturated carbocycles. The number of pyridine rings is 1. The molecule has 0 fully saturated rings. The number of hydrogen-bond donors (Lipinski definition) is 1. The molecule has 26 heavy (non-hydrogen) atoms. The first-order chi connectivity index (χ1) is 12.7. The maximum atomic E-state index is 12.6. The number of aromatic nitrogens is 3. The van der Waals surface area contributed by atoms with Crippen molar-refractivity contribution < 1.29 is 4.79 Å². The van der Waals surface area contributed by atoms with E-state index in [0.717, 1.165) is 33.7 Å². The van der Waals surface area contributed by atoms with E-state index < -0.39 is 0 Å². The number of amides is 1. The van der Waals surface area contributed by atoms with Gasteiger partial charge in [-0.25, -0.2) is 4.98 Å². The molecule has 0 aliphatic heterocycles. The van der Waals surface area contributed by atoms with Gasteiger partial charge < -0.3 is 9.88 Å². The topological polar surface area (TPSA) is 59.8 Å². The molecule has 0 aliphatic rings. The van der Waals surface area contributed by atoms with Gasteiger partial charge >= 0.3 is 0 Å². The Bertz CT molecular complexity index is 1070. The number of aryl methyl sites for hydroxylation is 1. The van der Waals surface area contributed by atoms with Gasteiger partial charge in [-0.3, -0.25) is 9.78 Å². The van der Waals surface area contributed by atoms with Gasteiger partial charge in [0, 0.05) is 23.6 Å². The number of rotatable bonds is 4. The first-order valence-electron chi connectivity index (χ1n) is 8.43. The Hall–Kier alpha value is -3.47. The van der Waals surface area contributed by atoms with Crippen molar-refractivity contribution in [1.29, 1.82) is 0 Å². The van der Waals surface area contributed by atoms with Gasteiger partial charge in [-0.05, 0) is 48.9 Å². The lowest BCUT2D eigenvalue weighted by molar-refractivity contribution is -0.116. The molecule has 2 aromatic heterocycles. The van der Waals surface area contributed by atoms with Crippen LogP contribution in [0.4, 0.5) is 5.69 Å². The van der Waals surface area contributed by atoms with Gasteiger partial charge in [-0.15, -0.1) is 0 Å². The Balaban J connectivity index is 1.70. The van der Waals surface area contributed by atoms with E-state index in [9.17, 15) is 4.79 Å². The molecule has 0 unspecified atom stereocenters. The van der Waals surface area contributed by atoms with E-state index >= 15 is 0 Å². The largest absolute Gasteiger partial charge is 0.325 e. The molecule has 0 aliphatic carbocycles. The number of nitrogens with zero attached hydrogens (tertiary/aromatic N) is 3. The third-order valence-electron chi connectivity index (χ3n) is 4.20. The molecule has 4 aromatic rings. The van der Waals surface area contributed by atoms with Crippen LogP contribution in [0.25, 0.3) is 22.4 Å². The molecule has 2 aromatic carbocycles. The highest BCUT2D eigenvalue weighted by Gasteiger charge is 2.15. The molecule has 5 nitrogen and oxygen atoms in total. The molecule has 4 rings (SSSR count). The summed E-state index contributed by atoms with van der Waals surface area (Å²) in [5.74, 6) is 0.669. The number of imidazole rings is 1. The van der Waals surface area contributed by atoms with Crippen LogP contribution < -0.4 is 5.32 Å². The second kappa shape index (κ2) is 6.80. The Labute approximate surface area is 151 Å².